The molecule has 0 radical (unpaired) electrons. The van der Waals surface area contributed by atoms with Crippen LogP contribution in [0, 0.1) is 35.5 Å². The van der Waals surface area contributed by atoms with Gasteiger partial charge in [0.2, 0.25) is 18.9 Å². The lowest BCUT2D eigenvalue weighted by Gasteiger charge is -2.19. The molecule has 9 heteroatoms. The van der Waals surface area contributed by atoms with Crippen molar-refractivity contribution < 1.29 is 42.7 Å². The molecule has 0 heterocycles. The summed E-state index contributed by atoms with van der Waals surface area (Å²) in [5, 5.41) is 0. The summed E-state index contributed by atoms with van der Waals surface area (Å²) in [6, 6.07) is 0. The molecule has 0 aliphatic rings. The van der Waals surface area contributed by atoms with Crippen molar-refractivity contribution in [3.05, 3.63) is 0 Å². The van der Waals surface area contributed by atoms with Crippen molar-refractivity contribution in [2.24, 2.45) is 0 Å². The van der Waals surface area contributed by atoms with Gasteiger partial charge >= 0.3 is 11.8 Å². The Morgan fingerprint density at radius 3 is 1.09 bits per heavy atom. The minimum Gasteiger partial charge on any atom is -0.435 e. The molecule has 192 valence electrons. The van der Waals surface area contributed by atoms with Crippen LogP contribution >= 0.6 is 0 Å². The predicted octanol–water partition coefficient (Wildman–Crippen LogP) is 3.11. The molecule has 0 saturated heterocycles. The quantitative estimate of drug-likeness (QED) is 0.210. The maximum absolute atomic E-state index is 12.3. The molecule has 0 rings (SSSR count). The number of carbonyl (C=O) groups is 1. The summed E-state index contributed by atoms with van der Waals surface area (Å²) >= 11 is 0. The van der Waals surface area contributed by atoms with Crippen LogP contribution in [0.15, 0.2) is 0 Å². The molecular formula is C25H38O9. The molecule has 0 amide bonds. The van der Waals surface area contributed by atoms with Gasteiger partial charge in [0.15, 0.2) is 0 Å². The number of rotatable bonds is 14. The van der Waals surface area contributed by atoms with E-state index in [2.05, 4.69) is 35.5 Å². The molecule has 0 aromatic heterocycles. The van der Waals surface area contributed by atoms with Crippen LogP contribution in [-0.2, 0) is 37.9 Å². The molecule has 0 unspecified atom stereocenters. The highest BCUT2D eigenvalue weighted by molar-refractivity contribution is 5.64. The minimum atomic E-state index is -1.93. The van der Waals surface area contributed by atoms with E-state index in [0.29, 0.717) is 39.6 Å². The third-order valence-corrected chi connectivity index (χ3v) is 3.51. The molecule has 0 saturated carbocycles. The molecule has 0 fully saturated rings. The van der Waals surface area contributed by atoms with Crippen LogP contribution < -0.4 is 0 Å². The van der Waals surface area contributed by atoms with E-state index < -0.39 is 30.6 Å². The molecule has 0 N–H and O–H groups in total. The van der Waals surface area contributed by atoms with Crippen LogP contribution in [0.5, 0.6) is 0 Å². The Labute approximate surface area is 204 Å². The lowest BCUT2D eigenvalue weighted by Crippen LogP contribution is -2.33. The lowest BCUT2D eigenvalue weighted by atomic mass is 10.1. The molecule has 0 aromatic carbocycles. The number of ether oxygens (including phenoxy) is 8. The van der Waals surface area contributed by atoms with E-state index >= 15 is 0 Å². The van der Waals surface area contributed by atoms with E-state index in [4.69, 9.17) is 37.9 Å². The molecule has 0 atom stereocenters. The third kappa shape index (κ3) is 14.1. The first-order chi connectivity index (χ1) is 16.4. The Morgan fingerprint density at radius 1 is 0.559 bits per heavy atom. The first-order valence-electron chi connectivity index (χ1n) is 11.6. The first-order valence-corrected chi connectivity index (χ1v) is 11.6. The Balaban J connectivity index is 6.63. The van der Waals surface area contributed by atoms with Crippen molar-refractivity contribution in [2.45, 2.75) is 72.9 Å². The van der Waals surface area contributed by atoms with Gasteiger partial charge in [-0.2, -0.15) is 0 Å². The molecule has 0 aliphatic carbocycles. The van der Waals surface area contributed by atoms with Gasteiger partial charge in [0.05, 0.1) is 6.61 Å². The lowest BCUT2D eigenvalue weighted by molar-refractivity contribution is -0.0974. The Morgan fingerprint density at radius 2 is 0.853 bits per heavy atom. The molecule has 0 spiro atoms. The second-order valence-electron chi connectivity index (χ2n) is 6.00. The fraction of sp³-hybridized carbons (Fsp3) is 0.720. The Hall–Kier alpha value is -2.29. The monoisotopic (exact) mass is 482 g/mol. The zero-order valence-corrected chi connectivity index (χ0v) is 21.4. The standard InChI is InChI=1S/C25H38O9/c1-8-27-21(28-9-2)15-18-25(34-24(26)33-14-7,19-16-22(29-10-3)30-11-4)20-17-23(31-12-5)32-13-6/h21-23H,8-14H2,1-7H3. The van der Waals surface area contributed by atoms with Crippen molar-refractivity contribution in [1.82, 2.24) is 0 Å². The number of hydrogen-bond acceptors (Lipinski definition) is 9. The van der Waals surface area contributed by atoms with Gasteiger partial charge in [0.1, 0.15) is 0 Å². The molecule has 0 aromatic rings. The van der Waals surface area contributed by atoms with Crippen molar-refractivity contribution in [3.63, 3.8) is 0 Å². The van der Waals surface area contributed by atoms with Gasteiger partial charge in [0, 0.05) is 39.6 Å². The molecule has 34 heavy (non-hydrogen) atoms. The zero-order valence-electron chi connectivity index (χ0n) is 21.4. The SMILES string of the molecule is CCOC(=O)OC(C#CC(OCC)OCC)(C#CC(OCC)OCC)C#CC(OCC)OCC. The van der Waals surface area contributed by atoms with Crippen molar-refractivity contribution in [3.8, 4) is 35.5 Å². The second-order valence-corrected chi connectivity index (χ2v) is 6.00. The smallest absolute Gasteiger partial charge is 0.435 e. The van der Waals surface area contributed by atoms with Gasteiger partial charge in [-0.05, 0) is 84.0 Å². The van der Waals surface area contributed by atoms with E-state index in [1.807, 2.05) is 0 Å². The van der Waals surface area contributed by atoms with Crippen LogP contribution in [0.3, 0.4) is 0 Å². The maximum Gasteiger partial charge on any atom is 0.511 e. The van der Waals surface area contributed by atoms with E-state index in [0.717, 1.165) is 0 Å². The van der Waals surface area contributed by atoms with Gasteiger partial charge in [-0.15, -0.1) is 0 Å². The van der Waals surface area contributed by atoms with E-state index in [-0.39, 0.29) is 6.61 Å². The average Bonchev–Trinajstić information content (AvgIpc) is 2.80. The summed E-state index contributed by atoms with van der Waals surface area (Å²) in [4.78, 5) is 12.3. The predicted molar refractivity (Wildman–Crippen MR) is 125 cm³/mol. The van der Waals surface area contributed by atoms with E-state index in [1.54, 1.807) is 48.5 Å². The summed E-state index contributed by atoms with van der Waals surface area (Å²) in [5.41, 5.74) is -1.93. The van der Waals surface area contributed by atoms with Gasteiger partial charge in [-0.3, -0.25) is 0 Å². The fourth-order valence-electron chi connectivity index (χ4n) is 2.23. The van der Waals surface area contributed by atoms with Crippen LogP contribution in [0.1, 0.15) is 48.5 Å². The summed E-state index contributed by atoms with van der Waals surface area (Å²) in [6.07, 6.45) is -3.65. The third-order valence-electron chi connectivity index (χ3n) is 3.51. The highest BCUT2D eigenvalue weighted by atomic mass is 16.7. The van der Waals surface area contributed by atoms with E-state index in [9.17, 15) is 4.79 Å². The Kier molecular flexibility index (Phi) is 18.8. The molecule has 9 nitrogen and oxygen atoms in total. The fourth-order valence-corrected chi connectivity index (χ4v) is 2.23. The first kappa shape index (κ1) is 31.7. The normalized spacial score (nSPS) is 10.8. The topological polar surface area (TPSA) is 90.9 Å². The van der Waals surface area contributed by atoms with Crippen molar-refractivity contribution >= 4 is 6.16 Å². The maximum atomic E-state index is 12.3. The van der Waals surface area contributed by atoms with Crippen LogP contribution in [0.25, 0.3) is 0 Å². The van der Waals surface area contributed by atoms with Crippen LogP contribution in [-0.4, -0.2) is 76.9 Å². The second kappa shape index (κ2) is 20.1. The molecule has 0 bridgehead atoms. The van der Waals surface area contributed by atoms with Crippen LogP contribution in [0.4, 0.5) is 4.79 Å². The van der Waals surface area contributed by atoms with Gasteiger partial charge in [-0.25, -0.2) is 4.79 Å². The molecule has 0 aliphatic heterocycles. The van der Waals surface area contributed by atoms with Crippen molar-refractivity contribution in [1.29, 1.82) is 0 Å². The van der Waals surface area contributed by atoms with Crippen LogP contribution in [0.2, 0.25) is 0 Å². The average molecular weight is 483 g/mol. The number of hydrogen-bond donors (Lipinski definition) is 0. The summed E-state index contributed by atoms with van der Waals surface area (Å²) < 4.78 is 43.3. The minimum absolute atomic E-state index is 0.0880. The van der Waals surface area contributed by atoms with Gasteiger partial charge < -0.3 is 37.9 Å². The van der Waals surface area contributed by atoms with E-state index in [1.165, 1.54) is 0 Å². The van der Waals surface area contributed by atoms with Gasteiger partial charge in [-0.1, -0.05) is 0 Å². The number of carbonyl (C=O) groups excluding carboxylic acids is 1. The highest BCUT2D eigenvalue weighted by Crippen LogP contribution is 2.12. The summed E-state index contributed by atoms with van der Waals surface area (Å²) in [5.74, 6) is 16.7. The Bertz CT molecular complexity index is 631. The highest BCUT2D eigenvalue weighted by Gasteiger charge is 2.31. The van der Waals surface area contributed by atoms with Gasteiger partial charge in [0.25, 0.3) is 0 Å². The largest absolute Gasteiger partial charge is 0.511 e. The summed E-state index contributed by atoms with van der Waals surface area (Å²) in [6.45, 7) is 14.7. The molecular weight excluding hydrogens is 444 g/mol. The van der Waals surface area contributed by atoms with Crippen molar-refractivity contribution in [2.75, 3.05) is 46.2 Å². The zero-order chi connectivity index (χ0) is 25.7. The summed E-state index contributed by atoms with van der Waals surface area (Å²) in [7, 11) is 0.